The zero-order valence-corrected chi connectivity index (χ0v) is 45.2. The lowest BCUT2D eigenvalue weighted by molar-refractivity contribution is -0.285. The van der Waals surface area contributed by atoms with Crippen LogP contribution in [0.5, 0.6) is 0 Å². The number of aliphatic hydroxyl groups is 1. The Kier molecular flexibility index (Phi) is 35.2. The molecule has 0 aliphatic carbocycles. The number of methoxy groups -OCH3 is 1. The number of aliphatic hydroxyl groups excluding tert-OH is 1. The van der Waals surface area contributed by atoms with Crippen LogP contribution in [-0.2, 0) is 38.1 Å². The average Bonchev–Trinajstić information content (AvgIpc) is 3.24. The van der Waals surface area contributed by atoms with Gasteiger partial charge in [0.2, 0.25) is 0 Å². The molecule has 66 heavy (non-hydrogen) atoms. The van der Waals surface area contributed by atoms with Gasteiger partial charge in [0.15, 0.2) is 12.1 Å². The lowest BCUT2D eigenvalue weighted by atomic mass is 9.70. The Bertz CT molecular complexity index is 1530. The number of ketones is 2. The van der Waals surface area contributed by atoms with E-state index in [4.69, 9.17) is 24.1 Å². The summed E-state index contributed by atoms with van der Waals surface area (Å²) in [7, 11) is 7.07. The molecule has 0 unspecified atom stereocenters. The summed E-state index contributed by atoms with van der Waals surface area (Å²) in [6.45, 7) is 38.2. The molecule has 0 saturated carbocycles. The number of aliphatic carboxylic acids is 1. The highest BCUT2D eigenvalue weighted by Gasteiger charge is 2.47. The summed E-state index contributed by atoms with van der Waals surface area (Å²) in [6.07, 6.45) is 9.09. The zero-order chi connectivity index (χ0) is 52.1. The summed E-state index contributed by atoms with van der Waals surface area (Å²) >= 11 is 0. The average molecular weight is 936 g/mol. The first-order chi connectivity index (χ1) is 30.7. The summed E-state index contributed by atoms with van der Waals surface area (Å²) in [5.74, 6) is -3.53. The van der Waals surface area contributed by atoms with Crippen LogP contribution in [0.4, 0.5) is 5.69 Å². The fraction of sp³-hybridized carbons (Fsp3) is 0.755. The number of Topliss-reactive ketones (excluding diaryl/α,β-unsaturated/α-hetero) is 2. The molecule has 2 aliphatic heterocycles. The third-order valence-electron chi connectivity index (χ3n) is 11.7. The molecule has 0 spiro atoms. The van der Waals surface area contributed by atoms with Crippen LogP contribution in [0.2, 0.25) is 0 Å². The molecule has 0 radical (unpaired) electrons. The number of likely N-dealkylation sites (N-methyl/N-ethyl adjacent to an activating group) is 1. The first-order valence-electron chi connectivity index (χ1n) is 24.1. The van der Waals surface area contributed by atoms with E-state index in [0.717, 1.165) is 24.7 Å². The molecule has 0 aromatic carbocycles. The summed E-state index contributed by atoms with van der Waals surface area (Å²) < 4.78 is 22.5. The van der Waals surface area contributed by atoms with Gasteiger partial charge in [0, 0.05) is 56.7 Å². The Morgan fingerprint density at radius 3 is 2.00 bits per heavy atom. The smallest absolute Gasteiger partial charge is 0.316 e. The molecule has 10 atom stereocenters. The van der Waals surface area contributed by atoms with Gasteiger partial charge in [0.25, 0.3) is 5.97 Å². The number of carbonyl (C=O) groups is 4. The van der Waals surface area contributed by atoms with Crippen molar-refractivity contribution in [2.24, 2.45) is 29.1 Å². The second kappa shape index (κ2) is 34.7. The third-order valence-corrected chi connectivity index (χ3v) is 11.7. The van der Waals surface area contributed by atoms with Gasteiger partial charge in [-0.15, -0.1) is 6.58 Å². The van der Waals surface area contributed by atoms with E-state index < -0.39 is 47.7 Å². The van der Waals surface area contributed by atoms with Crippen molar-refractivity contribution in [1.29, 1.82) is 0 Å². The highest BCUT2D eigenvalue weighted by molar-refractivity contribution is 6.00. The number of anilines is 1. The molecular weight excluding hydrogens is 839 g/mol. The van der Waals surface area contributed by atoms with Crippen molar-refractivity contribution in [2.45, 2.75) is 204 Å². The van der Waals surface area contributed by atoms with Crippen LogP contribution in [0.3, 0.4) is 0 Å². The second-order valence-corrected chi connectivity index (χ2v) is 18.9. The van der Waals surface area contributed by atoms with Crippen LogP contribution in [-0.4, -0.2) is 114 Å². The lowest BCUT2D eigenvalue weighted by Gasteiger charge is -2.46. The molecule has 2 fully saturated rings. The van der Waals surface area contributed by atoms with Crippen LogP contribution in [0, 0.1) is 36.0 Å². The van der Waals surface area contributed by atoms with E-state index in [-0.39, 0.29) is 47.2 Å². The van der Waals surface area contributed by atoms with E-state index in [2.05, 4.69) is 54.6 Å². The summed E-state index contributed by atoms with van der Waals surface area (Å²) in [5.41, 5.74) is 1.67. The van der Waals surface area contributed by atoms with E-state index in [1.54, 1.807) is 34.1 Å². The molecule has 3 heterocycles. The number of allylic oxidation sites excluding steroid dienone is 1. The highest BCUT2D eigenvalue weighted by atomic mass is 16.7. The number of aromatic nitrogens is 1. The molecule has 13 nitrogen and oxygen atoms in total. The van der Waals surface area contributed by atoms with Gasteiger partial charge in [-0.2, -0.15) is 0 Å². The number of rotatable bonds is 10. The minimum atomic E-state index is -0.948. The van der Waals surface area contributed by atoms with E-state index in [1.165, 1.54) is 12.8 Å². The molecule has 1 aromatic heterocycles. The van der Waals surface area contributed by atoms with Crippen LogP contribution in [0.1, 0.15) is 161 Å². The van der Waals surface area contributed by atoms with Crippen molar-refractivity contribution in [3.63, 3.8) is 0 Å². The number of cyclic esters (lactones) is 1. The molecule has 384 valence electrons. The maximum Gasteiger partial charge on any atom is 0.316 e. The van der Waals surface area contributed by atoms with Gasteiger partial charge in [-0.3, -0.25) is 24.2 Å². The van der Waals surface area contributed by atoms with Gasteiger partial charge in [-0.05, 0) is 118 Å². The SMILES string of the molecule is C=CC.C=CN(c1cccnc1C)C(C)(C)CCCC.CC.CC(=O)O.CC[C@@H]1CC[C@@H](C)C(=O)[C@H](C)CC(C)(C)[C@H](O[C@@H]2O[C@H](C)C[C@H](N(C)C)[C@H]2O)[C@@H](C)C(=O)[C@@H](C)C(=O)O1.COC. The maximum atomic E-state index is 13.6. The summed E-state index contributed by atoms with van der Waals surface area (Å²) in [4.78, 5) is 57.4. The Morgan fingerprint density at radius 2 is 1.55 bits per heavy atom. The molecule has 0 bridgehead atoms. The maximum absolute atomic E-state index is 13.6. The van der Waals surface area contributed by atoms with E-state index >= 15 is 0 Å². The Balaban J connectivity index is -0.00000112. The van der Waals surface area contributed by atoms with Gasteiger partial charge in [0.05, 0.1) is 23.6 Å². The van der Waals surface area contributed by atoms with Gasteiger partial charge in [-0.25, -0.2) is 0 Å². The fourth-order valence-corrected chi connectivity index (χ4v) is 8.25. The number of ether oxygens (including phenoxy) is 4. The number of carboxylic acids is 1. The Labute approximate surface area is 402 Å². The van der Waals surface area contributed by atoms with Crippen molar-refractivity contribution < 1.29 is 48.3 Å². The van der Waals surface area contributed by atoms with Crippen molar-refractivity contribution in [2.75, 3.05) is 33.2 Å². The van der Waals surface area contributed by atoms with Gasteiger partial charge in [-0.1, -0.05) is 87.8 Å². The predicted molar refractivity (Wildman–Crippen MR) is 270 cm³/mol. The third kappa shape index (κ3) is 24.0. The first-order valence-corrected chi connectivity index (χ1v) is 24.1. The fourth-order valence-electron chi connectivity index (χ4n) is 8.25. The van der Waals surface area contributed by atoms with Gasteiger partial charge in [0.1, 0.15) is 23.9 Å². The topological polar surface area (TPSA) is 165 Å². The largest absolute Gasteiger partial charge is 0.481 e. The molecule has 13 heteroatoms. The number of unbranched alkanes of at least 4 members (excludes halogenated alkanes) is 1. The van der Waals surface area contributed by atoms with Crippen molar-refractivity contribution in [3.8, 4) is 0 Å². The second-order valence-electron chi connectivity index (χ2n) is 18.9. The van der Waals surface area contributed by atoms with Crippen LogP contribution < -0.4 is 4.90 Å². The monoisotopic (exact) mass is 936 g/mol. The number of esters is 1. The summed E-state index contributed by atoms with van der Waals surface area (Å²) in [5, 5.41) is 18.5. The minimum absolute atomic E-state index is 0.0888. The highest BCUT2D eigenvalue weighted by Crippen LogP contribution is 2.40. The predicted octanol–water partition coefficient (Wildman–Crippen LogP) is 10.9. The number of hydrogen-bond donors (Lipinski definition) is 2. The van der Waals surface area contributed by atoms with Gasteiger partial charge >= 0.3 is 5.97 Å². The molecule has 1 aromatic rings. The van der Waals surface area contributed by atoms with E-state index in [0.29, 0.717) is 32.1 Å². The Morgan fingerprint density at radius 1 is 1.02 bits per heavy atom. The molecule has 3 rings (SSSR count). The number of pyridine rings is 1. The van der Waals surface area contributed by atoms with Crippen LogP contribution in [0.15, 0.2) is 43.8 Å². The Hall–Kier alpha value is -3.49. The quantitative estimate of drug-likeness (QED) is 0.129. The summed E-state index contributed by atoms with van der Waals surface area (Å²) in [6, 6.07) is 3.93. The van der Waals surface area contributed by atoms with Crippen molar-refractivity contribution in [3.05, 3.63) is 49.5 Å². The number of carboxylic acid groups (broad SMARTS) is 1. The van der Waals surface area contributed by atoms with Crippen molar-refractivity contribution >= 4 is 29.2 Å². The minimum Gasteiger partial charge on any atom is -0.481 e. The molecule has 0 amide bonds. The van der Waals surface area contributed by atoms with E-state index in [1.807, 2.05) is 107 Å². The molecule has 2 saturated heterocycles. The first kappa shape index (κ1) is 66.8. The molecular formula is C53H97N3O10. The van der Waals surface area contributed by atoms with Crippen LogP contribution >= 0.6 is 0 Å². The number of aryl methyl sites for hydroxylation is 1. The lowest BCUT2D eigenvalue weighted by Crippen LogP contribution is -2.57. The number of nitrogens with zero attached hydrogens (tertiary/aromatic N) is 3. The zero-order valence-electron chi connectivity index (χ0n) is 45.2. The standard InChI is InChI=1S/C29H51NO7.C15H24N2.C3H6.C2H4O2.C2H6O.C2H6/c1-11-21-13-12-16(2)23(31)17(3)15-29(7,8)26(19(5)24(32)20(6)27(34)36-21)37-28-25(33)22(30(9)10)14-18(4)35-28;1-6-8-11-15(4,5)17(7-2)14-10-9-12-16-13(14)3;1-3-2;1-2(3)4;1-3-2;1-2/h16-22,25-26,28,33H,11-15H2,1-10H3;7,9-10,12H,2,6,8,11H2,1,3-5H3;3H,1H2,2H3;1H3,(H,3,4);1-2H3;1-2H3/t16-,17-,18-,19+,20-,21-,22+,25-,26-,28+;;;;;/m1...../s1. The molecule has 2 aliphatic rings. The molecule has 2 N–H and O–H groups in total. The van der Waals surface area contributed by atoms with Gasteiger partial charge < -0.3 is 39.0 Å². The normalized spacial score (nSPS) is 26.7. The van der Waals surface area contributed by atoms with Crippen LogP contribution in [0.25, 0.3) is 0 Å². The van der Waals surface area contributed by atoms with Crippen molar-refractivity contribution in [1.82, 2.24) is 9.88 Å². The number of hydrogen-bond acceptors (Lipinski definition) is 12. The number of carbonyl (C=O) groups excluding carboxylic acids is 3. The van der Waals surface area contributed by atoms with E-state index in [9.17, 15) is 19.5 Å².